The topological polar surface area (TPSA) is 21.3 Å². The summed E-state index contributed by atoms with van der Waals surface area (Å²) in [5, 5.41) is 0. The lowest BCUT2D eigenvalue weighted by atomic mass is 9.74. The molecule has 0 spiro atoms. The summed E-state index contributed by atoms with van der Waals surface area (Å²) in [5.74, 6) is 1.84. The third-order valence-electron chi connectivity index (χ3n) is 4.01. The van der Waals surface area contributed by atoms with Gasteiger partial charge in [0.05, 0.1) is 12.1 Å². The van der Waals surface area contributed by atoms with Gasteiger partial charge in [-0.25, -0.2) is 0 Å². The van der Waals surface area contributed by atoms with E-state index in [4.69, 9.17) is 4.74 Å². The highest BCUT2D eigenvalue weighted by molar-refractivity contribution is 14.1. The summed E-state index contributed by atoms with van der Waals surface area (Å²) in [7, 11) is 0. The Balaban J connectivity index is 2.24. The molecule has 0 heterocycles. The Kier molecular flexibility index (Phi) is 4.90. The van der Waals surface area contributed by atoms with Crippen LogP contribution < -0.4 is 8.27 Å². The van der Waals surface area contributed by atoms with E-state index >= 15 is 0 Å². The molecule has 1 aliphatic carbocycles. The maximum Gasteiger partial charge on any atom is 0.119 e. The second kappa shape index (κ2) is 6.24. The van der Waals surface area contributed by atoms with Crippen molar-refractivity contribution in [1.82, 2.24) is 3.53 Å². The molecule has 3 heteroatoms. The van der Waals surface area contributed by atoms with Crippen molar-refractivity contribution in [3.8, 4) is 5.75 Å². The molecule has 1 aromatic carbocycles. The summed E-state index contributed by atoms with van der Waals surface area (Å²) in [4.78, 5) is 0. The fraction of sp³-hybridized carbons (Fsp3) is 0.600. The normalized spacial score (nSPS) is 28.1. The van der Waals surface area contributed by atoms with E-state index in [1.165, 1.54) is 31.2 Å². The van der Waals surface area contributed by atoms with Crippen molar-refractivity contribution >= 4 is 22.9 Å². The lowest BCUT2D eigenvalue weighted by Gasteiger charge is -2.39. The molecule has 0 saturated heterocycles. The SMILES string of the molecule is CCOc1cccc(C2(NI)CCC(C)CC2)c1. The van der Waals surface area contributed by atoms with E-state index in [1.807, 2.05) is 13.0 Å². The fourth-order valence-electron chi connectivity index (χ4n) is 2.74. The van der Waals surface area contributed by atoms with Gasteiger partial charge in [-0.15, -0.1) is 0 Å². The smallest absolute Gasteiger partial charge is 0.119 e. The highest BCUT2D eigenvalue weighted by Gasteiger charge is 2.35. The first-order valence-corrected chi connectivity index (χ1v) is 7.89. The van der Waals surface area contributed by atoms with Crippen LogP contribution in [0.1, 0.15) is 45.1 Å². The van der Waals surface area contributed by atoms with Crippen LogP contribution in [0.5, 0.6) is 5.75 Å². The van der Waals surface area contributed by atoms with E-state index in [0.29, 0.717) is 0 Å². The average molecular weight is 359 g/mol. The average Bonchev–Trinajstić information content (AvgIpc) is 2.41. The minimum absolute atomic E-state index is 0.139. The van der Waals surface area contributed by atoms with Gasteiger partial charge >= 0.3 is 0 Å². The third-order valence-corrected chi connectivity index (χ3v) is 5.04. The van der Waals surface area contributed by atoms with Gasteiger partial charge in [-0.1, -0.05) is 19.1 Å². The number of benzene rings is 1. The van der Waals surface area contributed by atoms with E-state index in [9.17, 15) is 0 Å². The summed E-state index contributed by atoms with van der Waals surface area (Å²) in [6.07, 6.45) is 5.03. The summed E-state index contributed by atoms with van der Waals surface area (Å²) >= 11 is 2.31. The van der Waals surface area contributed by atoms with Crippen LogP contribution in [0.2, 0.25) is 0 Å². The van der Waals surface area contributed by atoms with Crippen LogP contribution in [-0.4, -0.2) is 6.61 Å². The molecule has 0 atom stereocenters. The van der Waals surface area contributed by atoms with Gasteiger partial charge in [-0.3, -0.25) is 3.53 Å². The zero-order chi connectivity index (χ0) is 13.0. The lowest BCUT2D eigenvalue weighted by Crippen LogP contribution is -2.40. The summed E-state index contributed by atoms with van der Waals surface area (Å²) < 4.78 is 9.16. The van der Waals surface area contributed by atoms with Crippen molar-refractivity contribution < 1.29 is 4.74 Å². The first kappa shape index (κ1) is 14.1. The van der Waals surface area contributed by atoms with Crippen LogP contribution in [0.25, 0.3) is 0 Å². The molecular formula is C15H22INO. The van der Waals surface area contributed by atoms with Crippen LogP contribution >= 0.6 is 22.9 Å². The molecule has 0 radical (unpaired) electrons. The zero-order valence-corrected chi connectivity index (χ0v) is 13.4. The second-order valence-electron chi connectivity index (χ2n) is 5.32. The Bertz CT molecular complexity index is 386. The van der Waals surface area contributed by atoms with Crippen molar-refractivity contribution in [3.63, 3.8) is 0 Å². The number of nitrogens with one attached hydrogen (secondary N) is 1. The van der Waals surface area contributed by atoms with Gasteiger partial charge in [0, 0.05) is 22.9 Å². The Morgan fingerprint density at radius 2 is 2.11 bits per heavy atom. The van der Waals surface area contributed by atoms with E-state index in [2.05, 4.69) is 51.5 Å². The molecule has 100 valence electrons. The van der Waals surface area contributed by atoms with E-state index < -0.39 is 0 Å². The number of rotatable bonds is 4. The van der Waals surface area contributed by atoms with Gasteiger partial charge in [0.2, 0.25) is 0 Å². The Morgan fingerprint density at radius 1 is 1.39 bits per heavy atom. The van der Waals surface area contributed by atoms with Gasteiger partial charge in [-0.05, 0) is 56.2 Å². The molecular weight excluding hydrogens is 337 g/mol. The molecule has 18 heavy (non-hydrogen) atoms. The van der Waals surface area contributed by atoms with Crippen molar-refractivity contribution in [2.75, 3.05) is 6.61 Å². The van der Waals surface area contributed by atoms with Crippen LogP contribution in [0.15, 0.2) is 24.3 Å². The van der Waals surface area contributed by atoms with E-state index in [1.54, 1.807) is 0 Å². The van der Waals surface area contributed by atoms with Crippen LogP contribution in [0, 0.1) is 5.92 Å². The van der Waals surface area contributed by atoms with E-state index in [-0.39, 0.29) is 5.54 Å². The maximum atomic E-state index is 5.62. The van der Waals surface area contributed by atoms with Crippen molar-refractivity contribution in [1.29, 1.82) is 0 Å². The van der Waals surface area contributed by atoms with Gasteiger partial charge in [0.1, 0.15) is 5.75 Å². The molecule has 0 bridgehead atoms. The monoisotopic (exact) mass is 359 g/mol. The summed E-state index contributed by atoms with van der Waals surface area (Å²) in [5.41, 5.74) is 1.51. The standard InChI is InChI=1S/C15H22INO/c1-3-18-14-6-4-5-13(11-14)15(17-16)9-7-12(2)8-10-15/h4-6,11-12,17H,3,7-10H2,1-2H3. The quantitative estimate of drug-likeness (QED) is 0.634. The third kappa shape index (κ3) is 2.99. The molecule has 0 amide bonds. The molecule has 1 aromatic rings. The first-order valence-electron chi connectivity index (χ1n) is 6.81. The molecule has 0 aromatic heterocycles. The van der Waals surface area contributed by atoms with Gasteiger partial charge < -0.3 is 4.74 Å². The van der Waals surface area contributed by atoms with Crippen LogP contribution in [0.3, 0.4) is 0 Å². The van der Waals surface area contributed by atoms with Crippen LogP contribution in [-0.2, 0) is 5.54 Å². The molecule has 1 N–H and O–H groups in total. The minimum atomic E-state index is 0.139. The highest BCUT2D eigenvalue weighted by atomic mass is 127. The second-order valence-corrected chi connectivity index (χ2v) is 5.86. The van der Waals surface area contributed by atoms with Crippen molar-refractivity contribution in [2.45, 2.75) is 45.1 Å². The van der Waals surface area contributed by atoms with E-state index in [0.717, 1.165) is 18.3 Å². The van der Waals surface area contributed by atoms with Crippen molar-refractivity contribution in [2.24, 2.45) is 5.92 Å². The number of ether oxygens (including phenoxy) is 1. The first-order chi connectivity index (χ1) is 8.70. The van der Waals surface area contributed by atoms with Gasteiger partial charge in [0.25, 0.3) is 0 Å². The van der Waals surface area contributed by atoms with Crippen LogP contribution in [0.4, 0.5) is 0 Å². The Morgan fingerprint density at radius 3 is 2.72 bits per heavy atom. The molecule has 1 saturated carbocycles. The Hall–Kier alpha value is -0.290. The van der Waals surface area contributed by atoms with Gasteiger partial charge in [0.15, 0.2) is 0 Å². The molecule has 2 nitrogen and oxygen atoms in total. The summed E-state index contributed by atoms with van der Waals surface area (Å²) in [6, 6.07) is 8.57. The fourth-order valence-corrected chi connectivity index (χ4v) is 3.59. The lowest BCUT2D eigenvalue weighted by molar-refractivity contribution is 0.236. The molecule has 2 rings (SSSR count). The van der Waals surface area contributed by atoms with Crippen molar-refractivity contribution in [3.05, 3.63) is 29.8 Å². The highest BCUT2D eigenvalue weighted by Crippen LogP contribution is 2.40. The zero-order valence-electron chi connectivity index (χ0n) is 11.2. The molecule has 0 aliphatic heterocycles. The number of halogens is 1. The molecule has 1 fully saturated rings. The number of hydrogen-bond acceptors (Lipinski definition) is 2. The predicted molar refractivity (Wildman–Crippen MR) is 84.1 cm³/mol. The predicted octanol–water partition coefficient (Wildman–Crippen LogP) is 4.43. The largest absolute Gasteiger partial charge is 0.494 e. The minimum Gasteiger partial charge on any atom is -0.494 e. The maximum absolute atomic E-state index is 5.62. The molecule has 1 aliphatic rings. The van der Waals surface area contributed by atoms with Gasteiger partial charge in [-0.2, -0.15) is 0 Å². The Labute approximate surface area is 124 Å². The number of hydrogen-bond donors (Lipinski definition) is 1. The summed E-state index contributed by atoms with van der Waals surface area (Å²) in [6.45, 7) is 5.11. The molecule has 0 unspecified atom stereocenters.